The number of nitriles is 1. The molecule has 2 aliphatic rings. The predicted octanol–water partition coefficient (Wildman–Crippen LogP) is 3.10. The van der Waals surface area contributed by atoms with Gasteiger partial charge in [-0.2, -0.15) is 0 Å². The number of pyridine rings is 2. The van der Waals surface area contributed by atoms with E-state index in [1.807, 2.05) is 24.3 Å². The Labute approximate surface area is 402 Å². The summed E-state index contributed by atoms with van der Waals surface area (Å²) in [5.74, 6) is -3.03. The van der Waals surface area contributed by atoms with Crippen LogP contribution >= 0.6 is 35.6 Å². The summed E-state index contributed by atoms with van der Waals surface area (Å²) in [7, 11) is 0. The van der Waals surface area contributed by atoms with Crippen molar-refractivity contribution in [1.82, 2.24) is 20.2 Å². The number of nitrogens with one attached hydrogen (secondary N) is 1. The molecule has 0 saturated carbocycles. The number of aromatic nitrogens is 2. The number of aromatic carboxylic acids is 2. The molecule has 0 bridgehead atoms. The summed E-state index contributed by atoms with van der Waals surface area (Å²) in [4.78, 5) is 46.2. The average molecular weight is 898 g/mol. The predicted molar refractivity (Wildman–Crippen MR) is 221 cm³/mol. The topological polar surface area (TPSA) is 246 Å². The van der Waals surface area contributed by atoms with E-state index >= 15 is 0 Å². The van der Waals surface area contributed by atoms with Crippen LogP contribution < -0.4 is 67.5 Å². The van der Waals surface area contributed by atoms with Crippen LogP contribution in [0.3, 0.4) is 0 Å². The maximum Gasteiger partial charge on any atom is 1.00 e. The van der Waals surface area contributed by atoms with Gasteiger partial charge < -0.3 is 41.5 Å². The van der Waals surface area contributed by atoms with E-state index in [4.69, 9.17) is 39.3 Å². The molecule has 0 spiro atoms. The Hall–Kier alpha value is -4.73. The van der Waals surface area contributed by atoms with Gasteiger partial charge in [0.05, 0.1) is 22.4 Å². The fourth-order valence-corrected chi connectivity index (χ4v) is 7.45. The Morgan fingerprint density at radius 2 is 1.20 bits per heavy atom. The molecular weight excluding hydrogens is 862 g/mol. The number of urea groups is 1. The van der Waals surface area contributed by atoms with Crippen molar-refractivity contribution in [3.8, 4) is 17.8 Å². The van der Waals surface area contributed by atoms with Crippen molar-refractivity contribution < 1.29 is 91.3 Å². The smallest absolute Gasteiger partial charge is 0.812 e. The molecular formula is C42H36Cl3KN6O8. The number of primary amides is 1. The second-order valence-corrected chi connectivity index (χ2v) is 14.4. The third kappa shape index (κ3) is 10.6. The monoisotopic (exact) mass is 896 g/mol. The number of hydrogen-bond acceptors (Lipinski definition) is 10. The van der Waals surface area contributed by atoms with Crippen LogP contribution in [0.4, 0.5) is 4.79 Å². The molecule has 304 valence electrons. The summed E-state index contributed by atoms with van der Waals surface area (Å²) in [6, 6.07) is 20.9. The van der Waals surface area contributed by atoms with E-state index in [0.29, 0.717) is 69.7 Å². The van der Waals surface area contributed by atoms with Crippen LogP contribution in [0.5, 0.6) is 11.5 Å². The molecule has 0 radical (unpaired) electrons. The summed E-state index contributed by atoms with van der Waals surface area (Å²) in [6.45, 7) is 2.28. The van der Waals surface area contributed by atoms with Gasteiger partial charge in [0.2, 0.25) is 0 Å². The van der Waals surface area contributed by atoms with Gasteiger partial charge >= 0.3 is 69.4 Å². The number of carbonyl (C=O) groups is 3. The molecule has 0 saturated heterocycles. The Balaban J connectivity index is 0.000000242. The number of rotatable bonds is 6. The number of benzene rings is 4. The first kappa shape index (κ1) is 47.9. The van der Waals surface area contributed by atoms with Gasteiger partial charge in [-0.25, -0.2) is 29.6 Å². The van der Waals surface area contributed by atoms with Crippen LogP contribution in [-0.4, -0.2) is 66.4 Å². The maximum absolute atomic E-state index is 11.9. The van der Waals surface area contributed by atoms with Gasteiger partial charge in [-0.15, -0.1) is 12.4 Å². The first-order chi connectivity index (χ1) is 27.8. The van der Waals surface area contributed by atoms with Crippen molar-refractivity contribution in [2.75, 3.05) is 13.1 Å². The van der Waals surface area contributed by atoms with Gasteiger partial charge in [0, 0.05) is 65.1 Å². The quantitative estimate of drug-likeness (QED) is 0.104. The number of halogens is 3. The Morgan fingerprint density at radius 3 is 1.63 bits per heavy atom. The summed E-state index contributed by atoms with van der Waals surface area (Å²) < 4.78 is 0. The van der Waals surface area contributed by atoms with Crippen molar-refractivity contribution in [2.45, 2.75) is 38.8 Å². The Kier molecular flexibility index (Phi) is 16.9. The zero-order valence-corrected chi connectivity index (χ0v) is 37.5. The third-order valence-corrected chi connectivity index (χ3v) is 10.5. The first-order valence-electron chi connectivity index (χ1n) is 17.9. The molecule has 60 heavy (non-hydrogen) atoms. The number of hydrogen-bond donors (Lipinski definition) is 6. The standard InChI is InChI=1S/C21H18ClN3O4.C20H17ClN2O3.CHNO.ClH.K/c22-13-4-1-11(2-5-13)9-16-19(26)17(20(27)28)14-6-3-12-7-8-25(21(23)29)10-15(12)18(14)24-16;21-13-4-1-11(2-5-13)9-16-19(24)17(20(25)26)14-6-3-12-7-8-22-10-15(12)18(14)23-16;2-1-3;;/h1-6,26H,7-10H2,(H2,23,29)(H,27,28);1-6,22,24H,7-10H2,(H,25,26);3H;1H;/q;;;;+1/p-1. The minimum absolute atomic E-state index is 0. The van der Waals surface area contributed by atoms with E-state index in [1.54, 1.807) is 48.5 Å². The van der Waals surface area contributed by atoms with Crippen LogP contribution in [0.25, 0.3) is 21.8 Å². The van der Waals surface area contributed by atoms with Crippen molar-refractivity contribution in [1.29, 1.82) is 5.26 Å². The fourth-order valence-electron chi connectivity index (χ4n) is 7.20. The van der Waals surface area contributed by atoms with Gasteiger partial charge in [0.25, 0.3) is 0 Å². The second kappa shape index (κ2) is 21.2. The fraction of sp³-hybridized carbons (Fsp3) is 0.190. The summed E-state index contributed by atoms with van der Waals surface area (Å²) >= 11 is 11.8. The minimum atomic E-state index is -1.24. The summed E-state index contributed by atoms with van der Waals surface area (Å²) in [5, 5.41) is 61.0. The van der Waals surface area contributed by atoms with Crippen LogP contribution in [0.2, 0.25) is 10.0 Å². The third-order valence-electron chi connectivity index (χ3n) is 9.99. The molecule has 0 unspecified atom stereocenters. The molecule has 7 N–H and O–H groups in total. The number of nitrogens with zero attached hydrogens (tertiary/aromatic N) is 4. The number of nitrogens with two attached hydrogens (primary N) is 1. The number of amides is 2. The zero-order valence-electron chi connectivity index (χ0n) is 32.0. The SMILES string of the molecule is Cl.N#C[O-].NC(=O)N1CCc2ccc3c(C(=O)O)c(O)c(Cc4ccc(Cl)cc4)nc3c2C1.O=C(O)c1c(O)c(Cc2ccc(Cl)cc2)nc2c3c(ccc12)CCNC3.[K+]. The molecule has 0 fully saturated rings. The maximum atomic E-state index is 11.9. The van der Waals surface area contributed by atoms with E-state index in [9.17, 15) is 34.8 Å². The number of carboxylic acids is 2. The van der Waals surface area contributed by atoms with E-state index < -0.39 is 18.0 Å². The molecule has 0 aliphatic carbocycles. The molecule has 14 nitrogen and oxygen atoms in total. The van der Waals surface area contributed by atoms with Crippen molar-refractivity contribution in [3.63, 3.8) is 0 Å². The molecule has 8 rings (SSSR count). The van der Waals surface area contributed by atoms with Gasteiger partial charge in [-0.1, -0.05) is 71.7 Å². The Morgan fingerprint density at radius 1 is 0.767 bits per heavy atom. The summed E-state index contributed by atoms with van der Waals surface area (Å²) in [6.07, 6.45) is 2.55. The van der Waals surface area contributed by atoms with Crippen molar-refractivity contribution in [3.05, 3.63) is 139 Å². The van der Waals surface area contributed by atoms with Crippen molar-refractivity contribution >= 4 is 75.4 Å². The van der Waals surface area contributed by atoms with Gasteiger partial charge in [-0.05, 0) is 71.5 Å². The molecule has 2 amide bonds. The number of fused-ring (bicyclic) bond motifs is 6. The van der Waals surface area contributed by atoms with E-state index in [2.05, 4.69) is 15.3 Å². The molecule has 0 atom stereocenters. The molecule has 6 aromatic rings. The molecule has 2 aliphatic heterocycles. The number of carboxylic acid groups (broad SMARTS) is 2. The van der Waals surface area contributed by atoms with Gasteiger partial charge in [0.15, 0.2) is 11.5 Å². The number of aromatic hydroxyl groups is 2. The Bertz CT molecular complexity index is 2630. The van der Waals surface area contributed by atoms with Crippen LogP contribution in [0.15, 0.2) is 72.8 Å². The van der Waals surface area contributed by atoms with Gasteiger partial charge in [-0.3, -0.25) is 0 Å². The van der Waals surface area contributed by atoms with Crippen LogP contribution in [-0.2, 0) is 38.8 Å². The van der Waals surface area contributed by atoms with E-state index in [-0.39, 0.29) is 105 Å². The normalized spacial score (nSPS) is 12.4. The molecule has 2 aromatic heterocycles. The largest absolute Gasteiger partial charge is 1.00 e. The van der Waals surface area contributed by atoms with Gasteiger partial charge in [0.1, 0.15) is 11.1 Å². The molecule has 18 heteroatoms. The second-order valence-electron chi connectivity index (χ2n) is 13.5. The van der Waals surface area contributed by atoms with Crippen LogP contribution in [0.1, 0.15) is 65.5 Å². The van der Waals surface area contributed by atoms with E-state index in [0.717, 1.165) is 40.8 Å². The van der Waals surface area contributed by atoms with Crippen LogP contribution in [0, 0.1) is 11.5 Å². The van der Waals surface area contributed by atoms with Crippen molar-refractivity contribution in [2.24, 2.45) is 5.73 Å². The minimum Gasteiger partial charge on any atom is -0.812 e. The molecule has 4 heterocycles. The number of carbonyl (C=O) groups excluding carboxylic acids is 1. The average Bonchev–Trinajstić information content (AvgIpc) is 3.20. The first-order valence-corrected chi connectivity index (χ1v) is 18.6. The van der Waals surface area contributed by atoms with E-state index in [1.165, 1.54) is 10.5 Å². The zero-order chi connectivity index (χ0) is 41.7. The summed E-state index contributed by atoms with van der Waals surface area (Å²) in [5.41, 5.74) is 12.5. The molecule has 4 aromatic carbocycles.